The van der Waals surface area contributed by atoms with E-state index in [-0.39, 0.29) is 0 Å². The van der Waals surface area contributed by atoms with Gasteiger partial charge in [0.25, 0.3) is 0 Å². The molecule has 3 aliphatic carbocycles. The molecule has 9 rings (SSSR count). The number of pyridine rings is 2. The Bertz CT molecular complexity index is 1590. The molecule has 1 aliphatic heterocycles. The largest absolute Gasteiger partial charge is 0.372 e. The molecule has 9 nitrogen and oxygen atoms in total. The van der Waals surface area contributed by atoms with Crippen LogP contribution in [-0.4, -0.2) is 40.5 Å². The average molecular weight is 493 g/mol. The zero-order chi connectivity index (χ0) is 24.4. The summed E-state index contributed by atoms with van der Waals surface area (Å²) in [5.41, 5.74) is 8.98. The van der Waals surface area contributed by atoms with Crippen molar-refractivity contribution in [2.45, 2.75) is 45.6 Å². The van der Waals surface area contributed by atoms with Gasteiger partial charge in [-0.3, -0.25) is 4.98 Å². The maximum absolute atomic E-state index is 5.49. The van der Waals surface area contributed by atoms with E-state index in [1.165, 1.54) is 36.0 Å². The molecule has 0 saturated heterocycles. The van der Waals surface area contributed by atoms with Crippen LogP contribution in [0.15, 0.2) is 61.6 Å². The third-order valence-electron chi connectivity index (χ3n) is 8.25. The molecule has 0 atom stereocenters. The quantitative estimate of drug-likeness (QED) is 0.355. The van der Waals surface area contributed by atoms with Crippen molar-refractivity contribution >= 4 is 5.65 Å². The highest BCUT2D eigenvalue weighted by Gasteiger charge is 2.55. The van der Waals surface area contributed by atoms with Gasteiger partial charge in [-0.25, -0.2) is 9.67 Å². The number of imidazole rings is 1. The topological polar surface area (TPSA) is 87.1 Å². The Morgan fingerprint density at radius 3 is 2.68 bits per heavy atom. The van der Waals surface area contributed by atoms with Crippen molar-refractivity contribution in [2.24, 2.45) is 11.3 Å². The van der Waals surface area contributed by atoms with Crippen LogP contribution >= 0.6 is 0 Å². The third kappa shape index (κ3) is 3.77. The number of ether oxygens (including phenoxy) is 1. The van der Waals surface area contributed by atoms with Crippen molar-refractivity contribution in [3.05, 3.63) is 84.0 Å². The second-order valence-corrected chi connectivity index (χ2v) is 11.1. The first-order valence-electron chi connectivity index (χ1n) is 13.0. The van der Waals surface area contributed by atoms with Crippen LogP contribution in [0.2, 0.25) is 0 Å². The summed E-state index contributed by atoms with van der Waals surface area (Å²) in [6, 6.07) is 6.35. The highest BCUT2D eigenvalue weighted by atomic mass is 16.5. The molecule has 2 bridgehead atoms. The van der Waals surface area contributed by atoms with Gasteiger partial charge in [0.05, 0.1) is 43.5 Å². The second-order valence-electron chi connectivity index (χ2n) is 11.1. The van der Waals surface area contributed by atoms with Crippen molar-refractivity contribution in [1.29, 1.82) is 0 Å². The lowest BCUT2D eigenvalue weighted by atomic mass is 9.44. The number of fused-ring (bicyclic) bond motifs is 2. The van der Waals surface area contributed by atoms with Crippen molar-refractivity contribution in [1.82, 2.24) is 39.2 Å². The Morgan fingerprint density at radius 2 is 1.86 bits per heavy atom. The summed E-state index contributed by atoms with van der Waals surface area (Å²) < 4.78 is 11.5. The lowest BCUT2D eigenvalue weighted by Crippen LogP contribution is -2.56. The molecular weight excluding hydrogens is 464 g/mol. The Morgan fingerprint density at radius 1 is 1.00 bits per heavy atom. The molecule has 0 aromatic carbocycles. The maximum atomic E-state index is 5.49. The minimum absolute atomic E-state index is 0.559. The van der Waals surface area contributed by atoms with E-state index in [9.17, 15) is 0 Å². The summed E-state index contributed by atoms with van der Waals surface area (Å²) in [5.74, 6) is 1.03. The van der Waals surface area contributed by atoms with Crippen LogP contribution in [-0.2, 0) is 31.0 Å². The standard InChI is InChI=1S/C28H28N8O/c1-2-27-31-24(13-35(27)10-19(1)7-30-18-28-4-20(5-28)6-28)14-36-15-26(32-33-36)21-3-25(9-29-8-21)34-11-22-16-37-17-23(22)12-34/h1-3,8-13,15,20,30H,4-7,14,16-18H2. The van der Waals surface area contributed by atoms with E-state index in [4.69, 9.17) is 9.72 Å². The first-order chi connectivity index (χ1) is 18.2. The fraction of sp³-hybridized carbons (Fsp3) is 0.357. The van der Waals surface area contributed by atoms with Gasteiger partial charge in [0.1, 0.15) is 11.3 Å². The molecule has 3 fully saturated rings. The van der Waals surface area contributed by atoms with E-state index in [0.29, 0.717) is 25.2 Å². The van der Waals surface area contributed by atoms with E-state index < -0.39 is 0 Å². The van der Waals surface area contributed by atoms with Gasteiger partial charge in [-0.1, -0.05) is 11.3 Å². The van der Waals surface area contributed by atoms with E-state index in [0.717, 1.165) is 47.3 Å². The van der Waals surface area contributed by atoms with Gasteiger partial charge in [0.2, 0.25) is 0 Å². The van der Waals surface area contributed by atoms with Gasteiger partial charge >= 0.3 is 0 Å². The molecule has 1 N–H and O–H groups in total. The van der Waals surface area contributed by atoms with Crippen LogP contribution in [0.4, 0.5) is 0 Å². The molecule has 4 aliphatic rings. The van der Waals surface area contributed by atoms with Gasteiger partial charge in [0, 0.05) is 60.8 Å². The summed E-state index contributed by atoms with van der Waals surface area (Å²) in [6.07, 6.45) is 18.4. The summed E-state index contributed by atoms with van der Waals surface area (Å²) in [7, 11) is 0. The van der Waals surface area contributed by atoms with Gasteiger partial charge < -0.3 is 19.0 Å². The van der Waals surface area contributed by atoms with E-state index in [1.807, 2.05) is 23.3 Å². The van der Waals surface area contributed by atoms with Gasteiger partial charge in [-0.15, -0.1) is 5.10 Å². The summed E-state index contributed by atoms with van der Waals surface area (Å²) in [6.45, 7) is 3.95. The molecule has 0 unspecified atom stereocenters. The van der Waals surface area contributed by atoms with Crippen LogP contribution in [0.3, 0.4) is 0 Å². The highest BCUT2D eigenvalue weighted by Crippen LogP contribution is 2.63. The molecule has 6 heterocycles. The first kappa shape index (κ1) is 21.3. The monoisotopic (exact) mass is 492 g/mol. The lowest BCUT2D eigenvalue weighted by molar-refractivity contribution is -0.103. The van der Waals surface area contributed by atoms with E-state index in [2.05, 4.69) is 72.6 Å². The fourth-order valence-electron chi connectivity index (χ4n) is 6.22. The zero-order valence-corrected chi connectivity index (χ0v) is 20.5. The van der Waals surface area contributed by atoms with Gasteiger partial charge in [-0.2, -0.15) is 0 Å². The lowest BCUT2D eigenvalue weighted by Gasteiger charge is -2.62. The average Bonchev–Trinajstić information content (AvgIpc) is 3.63. The van der Waals surface area contributed by atoms with E-state index in [1.54, 1.807) is 0 Å². The van der Waals surface area contributed by atoms with Crippen LogP contribution in [0.25, 0.3) is 22.6 Å². The Balaban J connectivity index is 0.959. The summed E-state index contributed by atoms with van der Waals surface area (Å²) in [4.78, 5) is 9.23. The number of rotatable bonds is 8. The van der Waals surface area contributed by atoms with Crippen LogP contribution in [0, 0.1) is 11.3 Å². The molecular formula is C28H28N8O. The third-order valence-corrected chi connectivity index (χ3v) is 8.25. The minimum atomic E-state index is 0.559. The van der Waals surface area contributed by atoms with Crippen LogP contribution in [0.5, 0.6) is 0 Å². The number of nitrogens with one attached hydrogen (secondary N) is 1. The maximum Gasteiger partial charge on any atom is 0.137 e. The van der Waals surface area contributed by atoms with Gasteiger partial charge in [-0.05, 0) is 48.3 Å². The van der Waals surface area contributed by atoms with Gasteiger partial charge in [0.15, 0.2) is 0 Å². The molecule has 9 heteroatoms. The molecule has 0 radical (unpaired) electrons. The molecule has 3 saturated carbocycles. The van der Waals surface area contributed by atoms with Crippen molar-refractivity contribution < 1.29 is 4.74 Å². The van der Waals surface area contributed by atoms with Crippen LogP contribution < -0.4 is 5.32 Å². The normalized spacial score (nSPS) is 21.7. The van der Waals surface area contributed by atoms with Crippen LogP contribution in [0.1, 0.15) is 41.6 Å². The molecule has 0 spiro atoms. The molecule has 0 amide bonds. The molecule has 186 valence electrons. The van der Waals surface area contributed by atoms with Crippen molar-refractivity contribution in [2.75, 3.05) is 6.54 Å². The number of hydrogen-bond donors (Lipinski definition) is 1. The highest BCUT2D eigenvalue weighted by molar-refractivity contribution is 5.59. The number of nitrogens with zero attached hydrogens (tertiary/aromatic N) is 7. The summed E-state index contributed by atoms with van der Waals surface area (Å²) >= 11 is 0. The van der Waals surface area contributed by atoms with Crippen molar-refractivity contribution in [3.8, 4) is 16.9 Å². The first-order valence-corrected chi connectivity index (χ1v) is 13.0. The summed E-state index contributed by atoms with van der Waals surface area (Å²) in [5, 5.41) is 12.4. The number of aromatic nitrogens is 7. The molecule has 5 aromatic rings. The minimum Gasteiger partial charge on any atom is -0.372 e. The zero-order valence-electron chi connectivity index (χ0n) is 20.5. The van der Waals surface area contributed by atoms with Crippen molar-refractivity contribution in [3.63, 3.8) is 0 Å². The Labute approximate surface area is 214 Å². The molecule has 37 heavy (non-hydrogen) atoms. The Hall–Kier alpha value is -3.82. The Kier molecular flexibility index (Phi) is 4.65. The smallest absolute Gasteiger partial charge is 0.137 e. The predicted molar refractivity (Wildman–Crippen MR) is 137 cm³/mol. The fourth-order valence-corrected chi connectivity index (χ4v) is 6.22. The predicted octanol–water partition coefficient (Wildman–Crippen LogP) is 3.75. The SMILES string of the molecule is c1cc2nc(Cn3cc(-c4cncc(-n5cc6c(c5)COC6)c4)nn3)cn2cc1CNCC12CC(C1)C2. The second kappa shape index (κ2) is 8.09. The molecule has 5 aromatic heterocycles. The number of hydrogen-bond acceptors (Lipinski definition) is 6. The van der Waals surface area contributed by atoms with E-state index >= 15 is 0 Å².